The van der Waals surface area contributed by atoms with Gasteiger partial charge in [-0.05, 0) is 56.4 Å². The van der Waals surface area contributed by atoms with Crippen LogP contribution in [-0.4, -0.2) is 50.9 Å². The zero-order valence-electron chi connectivity index (χ0n) is 19.7. The van der Waals surface area contributed by atoms with Gasteiger partial charge >= 0.3 is 0 Å². The monoisotopic (exact) mass is 475 g/mol. The minimum absolute atomic E-state index is 0.0708. The first-order chi connectivity index (χ1) is 17.0. The van der Waals surface area contributed by atoms with E-state index in [1.54, 1.807) is 12.1 Å². The molecule has 4 rings (SSSR count). The minimum Gasteiger partial charge on any atom is -0.481 e. The summed E-state index contributed by atoms with van der Waals surface area (Å²) in [5.41, 5.74) is 1.72. The smallest absolute Gasteiger partial charge is 0.297 e. The van der Waals surface area contributed by atoms with E-state index in [0.29, 0.717) is 12.1 Å². The summed E-state index contributed by atoms with van der Waals surface area (Å²) in [6, 6.07) is 12.9. The van der Waals surface area contributed by atoms with Crippen LogP contribution in [0.2, 0.25) is 0 Å². The minimum atomic E-state index is -0.482. The normalized spacial score (nSPS) is 17.6. The van der Waals surface area contributed by atoms with E-state index in [2.05, 4.69) is 21.2 Å². The first-order valence-corrected chi connectivity index (χ1v) is 11.8. The number of imidazole rings is 1. The number of aromatic nitrogens is 2. The lowest BCUT2D eigenvalue weighted by molar-refractivity contribution is -0.383. The molecule has 35 heavy (non-hydrogen) atoms. The summed E-state index contributed by atoms with van der Waals surface area (Å²) >= 11 is 0. The third-order valence-electron chi connectivity index (χ3n) is 6.42. The summed E-state index contributed by atoms with van der Waals surface area (Å²) in [4.78, 5) is 33.3. The highest BCUT2D eigenvalue weighted by Gasteiger charge is 2.31. The molecule has 0 aliphatic heterocycles. The molecule has 0 saturated heterocycles. The van der Waals surface area contributed by atoms with E-state index in [4.69, 9.17) is 11.2 Å². The van der Waals surface area contributed by atoms with Crippen LogP contribution in [0, 0.1) is 22.5 Å². The van der Waals surface area contributed by atoms with E-state index in [9.17, 15) is 14.9 Å². The fourth-order valence-corrected chi connectivity index (χ4v) is 4.69. The van der Waals surface area contributed by atoms with Gasteiger partial charge in [-0.2, -0.15) is 0 Å². The van der Waals surface area contributed by atoms with E-state index < -0.39 is 4.92 Å². The molecule has 1 heterocycles. The number of terminal acetylenes is 1. The number of non-ortho nitro benzene ring substituents is 1. The molecule has 0 spiro atoms. The Morgan fingerprint density at radius 2 is 2.11 bits per heavy atom. The number of rotatable bonds is 9. The van der Waals surface area contributed by atoms with Crippen LogP contribution in [0.4, 0.5) is 5.69 Å². The Kier molecular flexibility index (Phi) is 7.63. The molecular formula is C26H29N5O4. The van der Waals surface area contributed by atoms with Crippen molar-refractivity contribution in [1.29, 1.82) is 0 Å². The van der Waals surface area contributed by atoms with Crippen LogP contribution in [0.1, 0.15) is 48.8 Å². The third-order valence-corrected chi connectivity index (χ3v) is 6.42. The number of ether oxygens (including phenoxy) is 1. The molecule has 2 N–H and O–H groups in total. The molecule has 1 aliphatic carbocycles. The molecular weight excluding hydrogens is 446 g/mol. The molecule has 1 aromatic heterocycles. The molecule has 1 amide bonds. The Hall–Kier alpha value is -3.90. The van der Waals surface area contributed by atoms with Crippen LogP contribution in [-0.2, 0) is 6.54 Å². The number of nitrogens with zero attached hydrogens (tertiary/aromatic N) is 3. The van der Waals surface area contributed by atoms with Crippen LogP contribution in [0.5, 0.6) is 5.75 Å². The lowest BCUT2D eigenvalue weighted by atomic mass is 9.89. The molecule has 1 fully saturated rings. The van der Waals surface area contributed by atoms with Crippen molar-refractivity contribution in [2.75, 3.05) is 13.2 Å². The van der Waals surface area contributed by atoms with Crippen molar-refractivity contribution in [3.63, 3.8) is 0 Å². The van der Waals surface area contributed by atoms with Crippen LogP contribution in [0.25, 0.3) is 11.0 Å². The Labute approximate surface area is 204 Å². The highest BCUT2D eigenvalue weighted by atomic mass is 16.6. The second-order valence-electron chi connectivity index (χ2n) is 8.64. The van der Waals surface area contributed by atoms with Gasteiger partial charge in [-0.1, -0.05) is 24.1 Å². The second kappa shape index (κ2) is 11.0. The van der Waals surface area contributed by atoms with Crippen molar-refractivity contribution in [2.24, 2.45) is 0 Å². The zero-order chi connectivity index (χ0) is 24.8. The second-order valence-corrected chi connectivity index (χ2v) is 8.64. The van der Waals surface area contributed by atoms with E-state index in [1.165, 1.54) is 6.07 Å². The van der Waals surface area contributed by atoms with Crippen molar-refractivity contribution in [1.82, 2.24) is 20.2 Å². The Bertz CT molecular complexity index is 1230. The quantitative estimate of drug-likeness (QED) is 0.274. The number of benzene rings is 2. The summed E-state index contributed by atoms with van der Waals surface area (Å²) in [6.45, 7) is 3.46. The van der Waals surface area contributed by atoms with Crippen molar-refractivity contribution >= 4 is 22.6 Å². The van der Waals surface area contributed by atoms with Crippen LogP contribution in [0.3, 0.4) is 0 Å². The molecule has 9 nitrogen and oxygen atoms in total. The number of nitrogens with one attached hydrogen (secondary N) is 2. The van der Waals surface area contributed by atoms with Gasteiger partial charge in [0.25, 0.3) is 11.6 Å². The maximum atomic E-state index is 13.3. The van der Waals surface area contributed by atoms with Gasteiger partial charge in [-0.3, -0.25) is 14.9 Å². The number of aromatic amines is 1. The first kappa shape index (κ1) is 24.2. The predicted molar refractivity (Wildman–Crippen MR) is 133 cm³/mol. The largest absolute Gasteiger partial charge is 0.481 e. The average molecular weight is 476 g/mol. The highest BCUT2D eigenvalue weighted by molar-refractivity contribution is 5.96. The number of amides is 1. The van der Waals surface area contributed by atoms with Gasteiger partial charge in [0.1, 0.15) is 12.4 Å². The lowest BCUT2D eigenvalue weighted by Crippen LogP contribution is -2.47. The lowest BCUT2D eigenvalue weighted by Gasteiger charge is -2.37. The number of para-hydroxylation sites is 1. The molecule has 182 valence electrons. The predicted octanol–water partition coefficient (Wildman–Crippen LogP) is 4.05. The van der Waals surface area contributed by atoms with Gasteiger partial charge in [0.05, 0.1) is 10.4 Å². The molecule has 0 radical (unpaired) electrons. The standard InChI is InChI=1S/C26H29N5O4/c1-3-15-35-21-13-11-18(12-14-21)17-27-19-7-5-8-20(16-19)30(4-2)26(32)25-28-22-9-6-10-23(31(33)34)24(22)29-25/h1,6,9-14,19-20,27H,4-5,7-8,15-17H2,2H3,(H,28,29)/t19-,20+/m1/s1. The van der Waals surface area contributed by atoms with E-state index in [0.717, 1.165) is 43.5 Å². The maximum absolute atomic E-state index is 13.3. The van der Waals surface area contributed by atoms with Crippen molar-refractivity contribution in [3.8, 4) is 18.1 Å². The number of carbonyl (C=O) groups is 1. The summed E-state index contributed by atoms with van der Waals surface area (Å²) in [5.74, 6) is 3.11. The number of fused-ring (bicyclic) bond motifs is 1. The number of nitro benzene ring substituents is 1. The molecule has 2 aromatic carbocycles. The molecule has 0 bridgehead atoms. The fraction of sp³-hybridized carbons (Fsp3) is 0.385. The summed E-state index contributed by atoms with van der Waals surface area (Å²) in [5, 5.41) is 14.9. The number of hydrogen-bond donors (Lipinski definition) is 2. The van der Waals surface area contributed by atoms with Gasteiger partial charge in [0.2, 0.25) is 0 Å². The zero-order valence-corrected chi connectivity index (χ0v) is 19.7. The van der Waals surface area contributed by atoms with Crippen LogP contribution in [0.15, 0.2) is 42.5 Å². The SMILES string of the molecule is C#CCOc1ccc(CN[C@@H]2CCC[C@H](N(CC)C(=O)c3nc4c([N+](=O)[O-])cccc4[nH]3)C2)cc1. The molecule has 1 saturated carbocycles. The maximum Gasteiger partial charge on any atom is 0.297 e. The van der Waals surface area contributed by atoms with Crippen molar-refractivity contribution in [2.45, 2.75) is 51.2 Å². The van der Waals surface area contributed by atoms with Gasteiger partial charge < -0.3 is 19.9 Å². The third kappa shape index (κ3) is 5.61. The molecule has 1 aliphatic rings. The van der Waals surface area contributed by atoms with Gasteiger partial charge in [-0.25, -0.2) is 4.98 Å². The van der Waals surface area contributed by atoms with Gasteiger partial charge in [0, 0.05) is 31.2 Å². The number of nitro groups is 1. The van der Waals surface area contributed by atoms with E-state index in [-0.39, 0.29) is 41.6 Å². The van der Waals surface area contributed by atoms with Crippen LogP contribution >= 0.6 is 0 Å². The molecule has 2 atom stereocenters. The number of hydrogen-bond acceptors (Lipinski definition) is 6. The summed E-state index contributed by atoms with van der Waals surface area (Å²) in [6.07, 6.45) is 9.03. The number of carbonyl (C=O) groups excluding carboxylic acids is 1. The van der Waals surface area contributed by atoms with Crippen molar-refractivity contribution in [3.05, 3.63) is 64.0 Å². The highest BCUT2D eigenvalue weighted by Crippen LogP contribution is 2.27. The average Bonchev–Trinajstić information content (AvgIpc) is 3.32. The Morgan fingerprint density at radius 3 is 2.83 bits per heavy atom. The van der Waals surface area contributed by atoms with Gasteiger partial charge in [0.15, 0.2) is 11.3 Å². The molecule has 9 heteroatoms. The topological polar surface area (TPSA) is 113 Å². The molecule has 0 unspecified atom stereocenters. The summed E-state index contributed by atoms with van der Waals surface area (Å²) in [7, 11) is 0. The first-order valence-electron chi connectivity index (χ1n) is 11.8. The van der Waals surface area contributed by atoms with Crippen molar-refractivity contribution < 1.29 is 14.5 Å². The Balaban J connectivity index is 1.40. The number of H-pyrrole nitrogens is 1. The van der Waals surface area contributed by atoms with E-state index >= 15 is 0 Å². The van der Waals surface area contributed by atoms with E-state index in [1.807, 2.05) is 36.1 Å². The van der Waals surface area contributed by atoms with Crippen LogP contribution < -0.4 is 10.1 Å². The molecule has 3 aromatic rings. The Morgan fingerprint density at radius 1 is 1.31 bits per heavy atom. The fourth-order valence-electron chi connectivity index (χ4n) is 4.69. The van der Waals surface area contributed by atoms with Gasteiger partial charge in [-0.15, -0.1) is 6.42 Å². The summed E-state index contributed by atoms with van der Waals surface area (Å²) < 4.78 is 5.42.